The molecule has 3 aromatic rings. The third-order valence-corrected chi connectivity index (χ3v) is 6.03. The smallest absolute Gasteiger partial charge is 0.274 e. The Morgan fingerprint density at radius 3 is 2.35 bits per heavy atom. The highest BCUT2D eigenvalue weighted by Crippen LogP contribution is 2.22. The molecule has 5 rings (SSSR count). The molecular weight excluding hydrogens is 390 g/mol. The van der Waals surface area contributed by atoms with Crippen LogP contribution in [-0.2, 0) is 0 Å². The molecule has 0 atom stereocenters. The summed E-state index contributed by atoms with van der Waals surface area (Å²) in [6.07, 6.45) is 5.26. The third kappa shape index (κ3) is 4.15. The van der Waals surface area contributed by atoms with Crippen molar-refractivity contribution in [1.29, 1.82) is 0 Å². The molecule has 8 heteroatoms. The van der Waals surface area contributed by atoms with Crippen molar-refractivity contribution in [3.05, 3.63) is 47.9 Å². The Hall–Kier alpha value is -3.29. The minimum atomic E-state index is -0.0641. The van der Waals surface area contributed by atoms with Crippen LogP contribution in [0.2, 0.25) is 0 Å². The summed E-state index contributed by atoms with van der Waals surface area (Å²) in [5, 5.41) is 0. The van der Waals surface area contributed by atoms with Crippen LogP contribution in [-0.4, -0.2) is 70.0 Å². The summed E-state index contributed by atoms with van der Waals surface area (Å²) in [6, 6.07) is 9.65. The van der Waals surface area contributed by atoms with Gasteiger partial charge in [-0.05, 0) is 38.3 Å². The lowest BCUT2D eigenvalue weighted by atomic mass is 10.1. The van der Waals surface area contributed by atoms with E-state index in [-0.39, 0.29) is 5.91 Å². The fourth-order valence-electron chi connectivity index (χ4n) is 4.29. The maximum absolute atomic E-state index is 13.0. The molecular formula is C23H27N7O. The van der Waals surface area contributed by atoms with Gasteiger partial charge in [-0.3, -0.25) is 9.78 Å². The first-order chi connectivity index (χ1) is 15.2. The molecule has 2 fully saturated rings. The van der Waals surface area contributed by atoms with Gasteiger partial charge in [0.05, 0.1) is 17.2 Å². The SMILES string of the molecule is Cc1cc(N2CCN(C(=O)c3cnc4ccccc4n3)CC2)nc(N2CCCCC2)n1. The predicted octanol–water partition coefficient (Wildman–Crippen LogP) is 2.68. The Bertz CT molecular complexity index is 1090. The maximum atomic E-state index is 13.0. The van der Waals surface area contributed by atoms with Crippen LogP contribution in [0.3, 0.4) is 0 Å². The Labute approximate surface area is 181 Å². The first-order valence-electron chi connectivity index (χ1n) is 11.0. The number of aromatic nitrogens is 4. The van der Waals surface area contributed by atoms with Gasteiger partial charge in [0.25, 0.3) is 5.91 Å². The van der Waals surface area contributed by atoms with Crippen LogP contribution in [0.4, 0.5) is 11.8 Å². The molecule has 31 heavy (non-hydrogen) atoms. The van der Waals surface area contributed by atoms with Crippen molar-refractivity contribution in [3.8, 4) is 0 Å². The van der Waals surface area contributed by atoms with Crippen molar-refractivity contribution in [1.82, 2.24) is 24.8 Å². The summed E-state index contributed by atoms with van der Waals surface area (Å²) in [4.78, 5) is 37.8. The van der Waals surface area contributed by atoms with Crippen LogP contribution in [0.5, 0.6) is 0 Å². The number of fused-ring (bicyclic) bond motifs is 1. The highest BCUT2D eigenvalue weighted by Gasteiger charge is 2.25. The van der Waals surface area contributed by atoms with E-state index in [0.717, 1.165) is 54.7 Å². The van der Waals surface area contributed by atoms with Crippen molar-refractivity contribution in [2.45, 2.75) is 26.2 Å². The van der Waals surface area contributed by atoms with Gasteiger partial charge in [0, 0.05) is 51.0 Å². The van der Waals surface area contributed by atoms with Gasteiger partial charge in [0.2, 0.25) is 5.95 Å². The van der Waals surface area contributed by atoms with Gasteiger partial charge < -0.3 is 14.7 Å². The molecule has 2 aliphatic rings. The number of amides is 1. The normalized spacial score (nSPS) is 17.3. The highest BCUT2D eigenvalue weighted by atomic mass is 16.2. The molecule has 0 unspecified atom stereocenters. The average molecular weight is 418 g/mol. The number of rotatable bonds is 3. The standard InChI is InChI=1S/C23H27N7O/c1-17-15-21(27-23(25-17)30-9-5-2-6-10-30)28-11-13-29(14-12-28)22(31)20-16-24-18-7-3-4-8-19(18)26-20/h3-4,7-8,15-16H,2,5-6,9-14H2,1H3. The second-order valence-electron chi connectivity index (χ2n) is 8.24. The number of para-hydroxylation sites is 2. The van der Waals surface area contributed by atoms with E-state index in [1.807, 2.05) is 42.2 Å². The van der Waals surface area contributed by atoms with Crippen molar-refractivity contribution >= 4 is 28.7 Å². The number of hydrogen-bond donors (Lipinski definition) is 0. The zero-order chi connectivity index (χ0) is 21.2. The number of piperidine rings is 1. The van der Waals surface area contributed by atoms with Crippen molar-refractivity contribution in [3.63, 3.8) is 0 Å². The third-order valence-electron chi connectivity index (χ3n) is 6.03. The van der Waals surface area contributed by atoms with E-state index in [1.165, 1.54) is 19.3 Å². The molecule has 0 spiro atoms. The summed E-state index contributed by atoms with van der Waals surface area (Å²) in [5.74, 6) is 1.72. The number of anilines is 2. The molecule has 160 valence electrons. The van der Waals surface area contributed by atoms with Gasteiger partial charge in [-0.25, -0.2) is 9.97 Å². The molecule has 0 radical (unpaired) electrons. The number of carbonyl (C=O) groups is 1. The van der Waals surface area contributed by atoms with E-state index in [0.29, 0.717) is 18.8 Å². The molecule has 0 saturated carbocycles. The molecule has 4 heterocycles. The Morgan fingerprint density at radius 2 is 1.58 bits per heavy atom. The number of piperazine rings is 1. The molecule has 2 saturated heterocycles. The van der Waals surface area contributed by atoms with E-state index in [4.69, 9.17) is 4.98 Å². The molecule has 1 amide bonds. The number of nitrogens with zero attached hydrogens (tertiary/aromatic N) is 7. The summed E-state index contributed by atoms with van der Waals surface area (Å²) in [6.45, 7) is 6.82. The molecule has 2 aromatic heterocycles. The van der Waals surface area contributed by atoms with Gasteiger partial charge in [-0.15, -0.1) is 0 Å². The van der Waals surface area contributed by atoms with Crippen molar-refractivity contribution in [2.24, 2.45) is 0 Å². The molecule has 0 N–H and O–H groups in total. The number of carbonyl (C=O) groups excluding carboxylic acids is 1. The second kappa shape index (κ2) is 8.45. The zero-order valence-corrected chi connectivity index (χ0v) is 17.9. The Balaban J connectivity index is 1.27. The fourth-order valence-corrected chi connectivity index (χ4v) is 4.29. The summed E-state index contributed by atoms with van der Waals surface area (Å²) < 4.78 is 0. The van der Waals surface area contributed by atoms with E-state index in [9.17, 15) is 4.79 Å². The Kier molecular flexibility index (Phi) is 5.36. The zero-order valence-electron chi connectivity index (χ0n) is 17.9. The number of aryl methyl sites for hydroxylation is 1. The van der Waals surface area contributed by atoms with Gasteiger partial charge in [0.15, 0.2) is 0 Å². The largest absolute Gasteiger partial charge is 0.353 e. The van der Waals surface area contributed by atoms with Gasteiger partial charge in [-0.2, -0.15) is 4.98 Å². The van der Waals surface area contributed by atoms with Crippen LogP contribution in [0.1, 0.15) is 35.4 Å². The summed E-state index contributed by atoms with van der Waals surface area (Å²) in [5.41, 5.74) is 2.93. The molecule has 8 nitrogen and oxygen atoms in total. The minimum Gasteiger partial charge on any atom is -0.353 e. The quantitative estimate of drug-likeness (QED) is 0.648. The van der Waals surface area contributed by atoms with Crippen LogP contribution in [0, 0.1) is 6.92 Å². The first kappa shape index (κ1) is 19.7. The monoisotopic (exact) mass is 417 g/mol. The second-order valence-corrected chi connectivity index (χ2v) is 8.24. The van der Waals surface area contributed by atoms with Crippen molar-refractivity contribution < 1.29 is 4.79 Å². The van der Waals surface area contributed by atoms with E-state index in [1.54, 1.807) is 6.20 Å². The Morgan fingerprint density at radius 1 is 0.839 bits per heavy atom. The van der Waals surface area contributed by atoms with Crippen LogP contribution in [0.25, 0.3) is 11.0 Å². The predicted molar refractivity (Wildman–Crippen MR) is 120 cm³/mol. The van der Waals surface area contributed by atoms with Crippen LogP contribution >= 0.6 is 0 Å². The van der Waals surface area contributed by atoms with Crippen LogP contribution in [0.15, 0.2) is 36.5 Å². The van der Waals surface area contributed by atoms with Gasteiger partial charge >= 0.3 is 0 Å². The van der Waals surface area contributed by atoms with E-state index < -0.39 is 0 Å². The number of benzene rings is 1. The fraction of sp³-hybridized carbons (Fsp3) is 0.435. The van der Waals surface area contributed by atoms with E-state index >= 15 is 0 Å². The lowest BCUT2D eigenvalue weighted by Crippen LogP contribution is -2.49. The van der Waals surface area contributed by atoms with Gasteiger partial charge in [0.1, 0.15) is 11.5 Å². The minimum absolute atomic E-state index is 0.0641. The highest BCUT2D eigenvalue weighted by molar-refractivity contribution is 5.94. The van der Waals surface area contributed by atoms with Crippen LogP contribution < -0.4 is 9.80 Å². The van der Waals surface area contributed by atoms with E-state index in [2.05, 4.69) is 24.8 Å². The summed E-state index contributed by atoms with van der Waals surface area (Å²) >= 11 is 0. The molecule has 0 aliphatic carbocycles. The average Bonchev–Trinajstić information content (AvgIpc) is 2.83. The topological polar surface area (TPSA) is 78.3 Å². The molecule has 2 aliphatic heterocycles. The lowest BCUT2D eigenvalue weighted by Gasteiger charge is -2.36. The first-order valence-corrected chi connectivity index (χ1v) is 11.0. The van der Waals surface area contributed by atoms with Gasteiger partial charge in [-0.1, -0.05) is 12.1 Å². The lowest BCUT2D eigenvalue weighted by molar-refractivity contribution is 0.0740. The summed E-state index contributed by atoms with van der Waals surface area (Å²) in [7, 11) is 0. The molecule has 1 aromatic carbocycles. The molecule has 0 bridgehead atoms. The maximum Gasteiger partial charge on any atom is 0.274 e. The van der Waals surface area contributed by atoms with Crippen molar-refractivity contribution in [2.75, 3.05) is 49.1 Å². The number of hydrogen-bond acceptors (Lipinski definition) is 7.